The second-order valence-electron chi connectivity index (χ2n) is 12.4. The van der Waals surface area contributed by atoms with E-state index in [0.29, 0.717) is 11.1 Å². The summed E-state index contributed by atoms with van der Waals surface area (Å²) in [6.45, 7) is 14.3. The van der Waals surface area contributed by atoms with Gasteiger partial charge in [-0.1, -0.05) is 36.4 Å². The van der Waals surface area contributed by atoms with Crippen molar-refractivity contribution in [2.75, 3.05) is 0 Å². The van der Waals surface area contributed by atoms with Gasteiger partial charge in [-0.05, 0) is 24.3 Å². The quantitative estimate of drug-likeness (QED) is 0.195. The van der Waals surface area contributed by atoms with Crippen LogP contribution in [-0.4, -0.2) is 77.1 Å². The molecular weight excluding hydrogens is 722 g/mol. The van der Waals surface area contributed by atoms with Gasteiger partial charge in [0.15, 0.2) is 0 Å². The number of nitroso groups, excluding NO2 is 2. The molecule has 0 aromatic heterocycles. The van der Waals surface area contributed by atoms with Gasteiger partial charge in [0.1, 0.15) is 32.6 Å². The number of aliphatic carboxylic acids is 2. The van der Waals surface area contributed by atoms with Crippen LogP contribution in [0.4, 0.5) is 26.3 Å². The van der Waals surface area contributed by atoms with Crippen LogP contribution in [-0.2, 0) is 26.7 Å². The Morgan fingerprint density at radius 2 is 0.735 bits per heavy atom. The molecule has 49 heavy (non-hydrogen) atoms. The van der Waals surface area contributed by atoms with E-state index in [4.69, 9.17) is 19.8 Å². The van der Waals surface area contributed by atoms with Crippen LogP contribution in [0.3, 0.4) is 0 Å². The van der Waals surface area contributed by atoms with Gasteiger partial charge in [0.25, 0.3) is 11.1 Å². The van der Waals surface area contributed by atoms with E-state index in [0.717, 1.165) is 19.0 Å². The van der Waals surface area contributed by atoms with Crippen molar-refractivity contribution in [1.29, 1.82) is 0 Å². The molecule has 0 N–H and O–H groups in total. The summed E-state index contributed by atoms with van der Waals surface area (Å²) in [6, 6.07) is 18.1. The van der Waals surface area contributed by atoms with Gasteiger partial charge in [-0.15, -0.1) is 9.48 Å². The molecule has 12 nitrogen and oxygen atoms in total. The number of hydrogen-bond donors (Lipinski definition) is 0. The fourth-order valence-electron chi connectivity index (χ4n) is 3.86. The Balaban J connectivity index is 0.000000677. The second-order valence-corrected chi connectivity index (χ2v) is 12.4. The van der Waals surface area contributed by atoms with Crippen molar-refractivity contribution in [3.8, 4) is 0 Å². The number of hydrogen-bond acceptors (Lipinski definition) is 8. The van der Waals surface area contributed by atoms with E-state index in [1.807, 2.05) is 36.4 Å². The maximum atomic E-state index is 12.3. The Bertz CT molecular complexity index is 1490. The monoisotopic (exact) mass is 755 g/mol. The first-order chi connectivity index (χ1) is 21.5. The van der Waals surface area contributed by atoms with Gasteiger partial charge in [-0.3, -0.25) is 0 Å². The second kappa shape index (κ2) is 15.4. The fourth-order valence-corrected chi connectivity index (χ4v) is 3.86. The zero-order valence-corrected chi connectivity index (χ0v) is 28.3. The minimum Gasteiger partial charge on any atom is -0.618 e. The molecule has 0 saturated carbocycles. The molecule has 0 spiro atoms. The number of alkyl halides is 6. The van der Waals surface area contributed by atoms with Gasteiger partial charge in [-0.2, -0.15) is 26.3 Å². The van der Waals surface area contributed by atoms with Gasteiger partial charge in [0, 0.05) is 82.3 Å². The van der Waals surface area contributed by atoms with E-state index in [9.17, 15) is 46.6 Å². The average molecular weight is 756 g/mol. The molecule has 0 fully saturated rings. The van der Waals surface area contributed by atoms with Crippen LogP contribution in [0.25, 0.3) is 0 Å². The number of carbonyl (C=O) groups excluding carboxylic acids is 2. The van der Waals surface area contributed by atoms with Crippen molar-refractivity contribution in [3.05, 3.63) is 92.0 Å². The molecule has 2 aliphatic heterocycles. The van der Waals surface area contributed by atoms with Crippen LogP contribution in [0.15, 0.2) is 60.7 Å². The van der Waals surface area contributed by atoms with E-state index >= 15 is 0 Å². The van der Waals surface area contributed by atoms with Crippen LogP contribution in [0.1, 0.15) is 66.5 Å². The predicted molar refractivity (Wildman–Crippen MR) is 154 cm³/mol. The van der Waals surface area contributed by atoms with E-state index in [1.54, 1.807) is 79.7 Å². The van der Waals surface area contributed by atoms with Crippen LogP contribution < -0.4 is 10.2 Å². The standard InChI is InChI=1S/2C13H17N2O2.2C2HF3O2.Cu/c2*1-12(2)13(3,4)15(17)11(14(12)16)10-8-6-5-7-9-10;2*3-2(4,5)1(6)7;/h2*5-9H,1-4H3;2*(H,6,7);/q2*+1;;;/p-2. The number of carbonyl (C=O) groups is 2. The minimum atomic E-state index is -5.19. The molecule has 275 valence electrons. The number of hydroxylamine groups is 2. The van der Waals surface area contributed by atoms with Gasteiger partial charge in [0.2, 0.25) is 11.1 Å². The summed E-state index contributed by atoms with van der Waals surface area (Å²) in [7, 11) is 0. The van der Waals surface area contributed by atoms with Gasteiger partial charge in [-0.25, -0.2) is 0 Å². The topological polar surface area (TPSA) is 173 Å². The van der Waals surface area contributed by atoms with Crippen LogP contribution >= 0.6 is 0 Å². The summed E-state index contributed by atoms with van der Waals surface area (Å²) < 4.78 is 66.4. The van der Waals surface area contributed by atoms with Crippen molar-refractivity contribution in [2.24, 2.45) is 0 Å². The third kappa shape index (κ3) is 9.41. The van der Waals surface area contributed by atoms with Gasteiger partial charge < -0.3 is 30.2 Å². The fraction of sp³-hybridized carbons (Fsp3) is 0.467. The predicted octanol–water partition coefficient (Wildman–Crippen LogP) is 3.18. The summed E-state index contributed by atoms with van der Waals surface area (Å²) >= 11 is 0. The molecule has 0 amide bonds. The molecule has 2 aromatic rings. The maximum absolute atomic E-state index is 12.3. The molecule has 19 heteroatoms. The molecular formula is C30H34CuF6N4O8. The Labute approximate surface area is 287 Å². The number of carboxylic acid groups (broad SMARTS) is 2. The Morgan fingerprint density at radius 1 is 0.531 bits per heavy atom. The largest absolute Gasteiger partial charge is 0.618 e. The molecule has 0 bridgehead atoms. The summed E-state index contributed by atoms with van der Waals surface area (Å²) in [5.74, 6) is -5.62. The third-order valence-corrected chi connectivity index (χ3v) is 8.32. The van der Waals surface area contributed by atoms with E-state index in [2.05, 4.69) is 0 Å². The number of halogens is 6. The van der Waals surface area contributed by atoms with E-state index < -0.39 is 46.4 Å². The molecule has 0 saturated heterocycles. The number of rotatable bonds is 2. The van der Waals surface area contributed by atoms with Crippen molar-refractivity contribution >= 4 is 23.6 Å². The minimum absolute atomic E-state index is 0. The summed E-state index contributed by atoms with van der Waals surface area (Å²) in [5.41, 5.74) is -1.67. The molecule has 2 heterocycles. The van der Waals surface area contributed by atoms with Crippen LogP contribution in [0, 0.1) is 20.2 Å². The molecule has 0 aliphatic carbocycles. The van der Waals surface area contributed by atoms with Crippen molar-refractivity contribution < 1.29 is 82.2 Å². The number of amidine groups is 2. The SMILES string of the molecule is CC1(C)[N+](=O)C(c2ccccc2)=[N+]([O-])C1(C)C.CC1(C)[N+](=O)C(c2ccccc2)=[N+]([O-])C1(C)C.O=C([O-])C(F)(F)F.O=C([O-])C(F)(F)F.[Cu]. The Morgan fingerprint density at radius 3 is 0.878 bits per heavy atom. The van der Waals surface area contributed by atoms with Crippen LogP contribution in [0.5, 0.6) is 0 Å². The van der Waals surface area contributed by atoms with Crippen molar-refractivity contribution in [3.63, 3.8) is 0 Å². The van der Waals surface area contributed by atoms with Crippen molar-refractivity contribution in [2.45, 2.75) is 89.9 Å². The summed E-state index contributed by atoms with van der Waals surface area (Å²) in [4.78, 5) is 42.2. The van der Waals surface area contributed by atoms with Crippen LogP contribution in [0.2, 0.25) is 0 Å². The average Bonchev–Trinajstić information content (AvgIpc) is 3.17. The first kappa shape index (κ1) is 44.6. The van der Waals surface area contributed by atoms with E-state index in [-0.39, 0.29) is 28.7 Å². The van der Waals surface area contributed by atoms with Crippen molar-refractivity contribution in [1.82, 2.24) is 0 Å². The Kier molecular flexibility index (Phi) is 14.1. The molecule has 2 aliphatic rings. The third-order valence-electron chi connectivity index (χ3n) is 8.32. The normalized spacial score (nSPS) is 18.5. The zero-order chi connectivity index (χ0) is 37.8. The van der Waals surface area contributed by atoms with Gasteiger partial charge >= 0.3 is 24.0 Å². The summed E-state index contributed by atoms with van der Waals surface area (Å²) in [5, 5.41) is 42.2. The van der Waals surface area contributed by atoms with Gasteiger partial charge in [0.05, 0.1) is 0 Å². The first-order valence-corrected chi connectivity index (χ1v) is 13.8. The number of nitrogens with zero attached hydrogens (tertiary/aromatic N) is 4. The molecule has 0 atom stereocenters. The summed E-state index contributed by atoms with van der Waals surface area (Å²) in [6.07, 6.45) is -10.4. The Hall–Kier alpha value is -4.38. The first-order valence-electron chi connectivity index (χ1n) is 13.8. The molecule has 4 rings (SSSR count). The molecule has 0 unspecified atom stereocenters. The van der Waals surface area contributed by atoms with E-state index in [1.165, 1.54) is 0 Å². The molecule has 2 aromatic carbocycles. The molecule has 1 radical (unpaired) electrons. The number of benzene rings is 2. The number of carboxylic acids is 2. The zero-order valence-electron chi connectivity index (χ0n) is 27.4. The maximum Gasteiger partial charge on any atom is 0.504 e. The smallest absolute Gasteiger partial charge is 0.504 e.